The summed E-state index contributed by atoms with van der Waals surface area (Å²) in [7, 11) is 0. The normalized spacial score (nSPS) is 39.5. The van der Waals surface area contributed by atoms with Gasteiger partial charge in [-0.1, -0.05) is 34.6 Å². The number of rotatable bonds is 2. The van der Waals surface area contributed by atoms with E-state index in [0.717, 1.165) is 43.4 Å². The SMILES string of the molecule is CC1CC(C)CC(C(=O)C2CCC(C(C)(C)C)CC2)C1. The van der Waals surface area contributed by atoms with E-state index < -0.39 is 0 Å². The second kappa shape index (κ2) is 6.20. The fraction of sp³-hybridized carbons (Fsp3) is 0.947. The Morgan fingerprint density at radius 3 is 1.75 bits per heavy atom. The molecule has 2 saturated carbocycles. The van der Waals surface area contributed by atoms with Crippen LogP contribution < -0.4 is 0 Å². The van der Waals surface area contributed by atoms with Crippen molar-refractivity contribution in [2.75, 3.05) is 0 Å². The van der Waals surface area contributed by atoms with Gasteiger partial charge < -0.3 is 0 Å². The minimum Gasteiger partial charge on any atom is -0.299 e. The Balaban J connectivity index is 1.88. The lowest BCUT2D eigenvalue weighted by molar-refractivity contribution is -0.130. The number of Topliss-reactive ketones (excluding diaryl/α,β-unsaturated/α-hetero) is 1. The highest BCUT2D eigenvalue weighted by Gasteiger charge is 2.36. The molecule has 0 N–H and O–H groups in total. The molecule has 1 nitrogen and oxygen atoms in total. The van der Waals surface area contributed by atoms with Crippen molar-refractivity contribution < 1.29 is 4.79 Å². The van der Waals surface area contributed by atoms with Crippen molar-refractivity contribution >= 4 is 5.78 Å². The minimum absolute atomic E-state index is 0.380. The molecule has 0 spiro atoms. The number of hydrogen-bond donors (Lipinski definition) is 0. The first kappa shape index (κ1) is 16.0. The van der Waals surface area contributed by atoms with Crippen LogP contribution in [0.5, 0.6) is 0 Å². The third-order valence-corrected chi connectivity index (χ3v) is 5.94. The van der Waals surface area contributed by atoms with Gasteiger partial charge in [-0.2, -0.15) is 0 Å². The van der Waals surface area contributed by atoms with E-state index in [4.69, 9.17) is 0 Å². The first-order valence-corrected chi connectivity index (χ1v) is 8.81. The van der Waals surface area contributed by atoms with Crippen LogP contribution in [0.4, 0.5) is 0 Å². The van der Waals surface area contributed by atoms with Crippen molar-refractivity contribution in [3.05, 3.63) is 0 Å². The standard InChI is InChI=1S/C19H34O/c1-13-10-14(2)12-16(11-13)18(20)15-6-8-17(9-7-15)19(3,4)5/h13-17H,6-12H2,1-5H3. The fourth-order valence-electron chi connectivity index (χ4n) is 4.76. The lowest BCUT2D eigenvalue weighted by atomic mass is 9.66. The maximum atomic E-state index is 12.8. The molecule has 2 rings (SSSR count). The molecule has 20 heavy (non-hydrogen) atoms. The smallest absolute Gasteiger partial charge is 0.139 e. The van der Waals surface area contributed by atoms with Crippen LogP contribution in [-0.2, 0) is 4.79 Å². The molecule has 2 aliphatic rings. The molecule has 2 aliphatic carbocycles. The van der Waals surface area contributed by atoms with Crippen molar-refractivity contribution in [3.8, 4) is 0 Å². The Morgan fingerprint density at radius 2 is 1.30 bits per heavy atom. The molecular weight excluding hydrogens is 244 g/mol. The van der Waals surface area contributed by atoms with Gasteiger partial charge >= 0.3 is 0 Å². The summed E-state index contributed by atoms with van der Waals surface area (Å²) >= 11 is 0. The van der Waals surface area contributed by atoms with Gasteiger partial charge in [0.1, 0.15) is 5.78 Å². The summed E-state index contributed by atoms with van der Waals surface area (Å²) in [6, 6.07) is 0. The van der Waals surface area contributed by atoms with Gasteiger partial charge in [-0.05, 0) is 68.1 Å². The quantitative estimate of drug-likeness (QED) is 0.653. The van der Waals surface area contributed by atoms with Gasteiger partial charge in [-0.25, -0.2) is 0 Å². The summed E-state index contributed by atoms with van der Waals surface area (Å²) in [6.07, 6.45) is 8.46. The number of carbonyl (C=O) groups is 1. The molecule has 0 heterocycles. The van der Waals surface area contributed by atoms with Crippen molar-refractivity contribution in [1.29, 1.82) is 0 Å². The van der Waals surface area contributed by atoms with Gasteiger partial charge in [0.25, 0.3) is 0 Å². The van der Waals surface area contributed by atoms with Gasteiger partial charge in [0, 0.05) is 11.8 Å². The van der Waals surface area contributed by atoms with E-state index >= 15 is 0 Å². The predicted octanol–water partition coefficient (Wildman–Crippen LogP) is 5.48. The van der Waals surface area contributed by atoms with E-state index in [-0.39, 0.29) is 0 Å². The van der Waals surface area contributed by atoms with Gasteiger partial charge in [0.05, 0.1) is 0 Å². The molecule has 0 aromatic heterocycles. The number of hydrogen-bond acceptors (Lipinski definition) is 1. The molecule has 0 aromatic carbocycles. The topological polar surface area (TPSA) is 17.1 Å². The zero-order valence-corrected chi connectivity index (χ0v) is 14.2. The Hall–Kier alpha value is -0.330. The summed E-state index contributed by atoms with van der Waals surface area (Å²) in [5, 5.41) is 0. The average Bonchev–Trinajstić information content (AvgIpc) is 2.36. The highest BCUT2D eigenvalue weighted by Crippen LogP contribution is 2.42. The molecular formula is C19H34O. The molecule has 0 aromatic rings. The van der Waals surface area contributed by atoms with Crippen LogP contribution in [-0.4, -0.2) is 5.78 Å². The molecule has 116 valence electrons. The maximum absolute atomic E-state index is 12.8. The van der Waals surface area contributed by atoms with E-state index in [1.807, 2.05) is 0 Å². The second-order valence-electron chi connectivity index (χ2n) is 8.93. The van der Waals surface area contributed by atoms with Gasteiger partial charge in [0.15, 0.2) is 0 Å². The second-order valence-corrected chi connectivity index (χ2v) is 8.93. The monoisotopic (exact) mass is 278 g/mol. The van der Waals surface area contributed by atoms with E-state index in [0.29, 0.717) is 23.0 Å². The summed E-state index contributed by atoms with van der Waals surface area (Å²) in [5.41, 5.74) is 0.419. The molecule has 0 amide bonds. The lowest BCUT2D eigenvalue weighted by Gasteiger charge is -2.38. The van der Waals surface area contributed by atoms with Crippen molar-refractivity contribution in [1.82, 2.24) is 0 Å². The number of carbonyl (C=O) groups excluding carboxylic acids is 1. The van der Waals surface area contributed by atoms with Crippen molar-refractivity contribution in [2.45, 2.75) is 79.6 Å². The fourth-order valence-corrected chi connectivity index (χ4v) is 4.76. The zero-order chi connectivity index (χ0) is 14.9. The van der Waals surface area contributed by atoms with Crippen LogP contribution in [0.1, 0.15) is 79.6 Å². The lowest BCUT2D eigenvalue weighted by Crippen LogP contribution is -2.34. The Labute approximate surface area is 125 Å². The van der Waals surface area contributed by atoms with Gasteiger partial charge in [0.2, 0.25) is 0 Å². The largest absolute Gasteiger partial charge is 0.299 e. The third kappa shape index (κ3) is 3.86. The Kier molecular flexibility index (Phi) is 4.97. The summed E-state index contributed by atoms with van der Waals surface area (Å²) in [4.78, 5) is 12.8. The van der Waals surface area contributed by atoms with Gasteiger partial charge in [-0.15, -0.1) is 0 Å². The van der Waals surface area contributed by atoms with Crippen molar-refractivity contribution in [2.24, 2.45) is 35.0 Å². The molecule has 2 fully saturated rings. The molecule has 0 saturated heterocycles. The van der Waals surface area contributed by atoms with Crippen LogP contribution in [0.2, 0.25) is 0 Å². The van der Waals surface area contributed by atoms with E-state index in [1.54, 1.807) is 0 Å². The first-order valence-electron chi connectivity index (χ1n) is 8.81. The average molecular weight is 278 g/mol. The summed E-state index contributed by atoms with van der Waals surface area (Å²) in [5.74, 6) is 3.70. The molecule has 2 atom stereocenters. The molecule has 0 radical (unpaired) electrons. The Morgan fingerprint density at radius 1 is 0.800 bits per heavy atom. The van der Waals surface area contributed by atoms with Crippen molar-refractivity contribution in [3.63, 3.8) is 0 Å². The van der Waals surface area contributed by atoms with Crippen LogP contribution in [0.25, 0.3) is 0 Å². The van der Waals surface area contributed by atoms with E-state index in [1.165, 1.54) is 19.3 Å². The van der Waals surface area contributed by atoms with Crippen LogP contribution in [0, 0.1) is 35.0 Å². The molecule has 0 bridgehead atoms. The summed E-state index contributed by atoms with van der Waals surface area (Å²) < 4.78 is 0. The molecule has 1 heteroatoms. The predicted molar refractivity (Wildman–Crippen MR) is 85.6 cm³/mol. The van der Waals surface area contributed by atoms with Crippen LogP contribution in [0.3, 0.4) is 0 Å². The van der Waals surface area contributed by atoms with E-state index in [2.05, 4.69) is 34.6 Å². The minimum atomic E-state index is 0.380. The van der Waals surface area contributed by atoms with Crippen LogP contribution in [0.15, 0.2) is 0 Å². The highest BCUT2D eigenvalue weighted by atomic mass is 16.1. The van der Waals surface area contributed by atoms with Gasteiger partial charge in [-0.3, -0.25) is 4.79 Å². The Bertz CT molecular complexity index is 320. The highest BCUT2D eigenvalue weighted by molar-refractivity contribution is 5.83. The first-order chi connectivity index (χ1) is 9.27. The molecule has 0 aliphatic heterocycles. The van der Waals surface area contributed by atoms with E-state index in [9.17, 15) is 4.79 Å². The maximum Gasteiger partial charge on any atom is 0.139 e. The van der Waals surface area contributed by atoms with Crippen LogP contribution >= 0.6 is 0 Å². The third-order valence-electron chi connectivity index (χ3n) is 5.94. The zero-order valence-electron chi connectivity index (χ0n) is 14.2. The summed E-state index contributed by atoms with van der Waals surface area (Å²) in [6.45, 7) is 11.7. The molecule has 2 unspecified atom stereocenters. The number of ketones is 1.